The van der Waals surface area contributed by atoms with Gasteiger partial charge in [0.25, 0.3) is 0 Å². The fourth-order valence-electron chi connectivity index (χ4n) is 2.99. The molecule has 1 saturated heterocycles. The average Bonchev–Trinajstić information content (AvgIpc) is 2.37. The molecule has 1 aliphatic heterocycles. The second-order valence-electron chi connectivity index (χ2n) is 5.82. The largest absolute Gasteiger partial charge is 0.328 e. The maximum Gasteiger partial charge on any atom is 0.208 e. The van der Waals surface area contributed by atoms with E-state index >= 15 is 0 Å². The average molecular weight is 304 g/mol. The van der Waals surface area contributed by atoms with Crippen LogP contribution in [0.1, 0.15) is 20.3 Å². The van der Waals surface area contributed by atoms with E-state index in [0.29, 0.717) is 6.54 Å². The van der Waals surface area contributed by atoms with Crippen molar-refractivity contribution in [1.82, 2.24) is 9.62 Å². The van der Waals surface area contributed by atoms with E-state index in [-0.39, 0.29) is 23.8 Å². The molecular weight excluding hydrogens is 276 g/mol. The molecule has 0 radical (unpaired) electrons. The third-order valence-corrected chi connectivity index (χ3v) is 4.96. The molecular formula is C13H28N4O2S. The fourth-order valence-corrected chi connectivity index (χ4v) is 3.49. The van der Waals surface area contributed by atoms with E-state index in [1.807, 2.05) is 6.92 Å². The van der Waals surface area contributed by atoms with E-state index in [1.54, 1.807) is 0 Å². The van der Waals surface area contributed by atoms with Gasteiger partial charge in [0.15, 0.2) is 0 Å². The van der Waals surface area contributed by atoms with Crippen LogP contribution in [0.25, 0.3) is 0 Å². The molecule has 0 aromatic carbocycles. The van der Waals surface area contributed by atoms with Crippen molar-refractivity contribution in [1.29, 1.82) is 5.41 Å². The first-order valence-corrected chi connectivity index (χ1v) is 9.10. The molecule has 0 bridgehead atoms. The van der Waals surface area contributed by atoms with Crippen LogP contribution in [0.4, 0.5) is 0 Å². The first-order valence-electron chi connectivity index (χ1n) is 7.21. The Morgan fingerprint density at radius 3 is 2.65 bits per heavy atom. The van der Waals surface area contributed by atoms with Gasteiger partial charge in [-0.25, -0.2) is 13.1 Å². The number of rotatable bonds is 7. The summed E-state index contributed by atoms with van der Waals surface area (Å²) in [5, 5.41) is 7.62. The van der Waals surface area contributed by atoms with Crippen molar-refractivity contribution >= 4 is 16.2 Å². The summed E-state index contributed by atoms with van der Waals surface area (Å²) >= 11 is 0. The maximum atomic E-state index is 11.3. The number of hydrogen-bond acceptors (Lipinski definition) is 5. The Balaban J connectivity index is 2.82. The smallest absolute Gasteiger partial charge is 0.208 e. The first kappa shape index (κ1) is 17.6. The molecule has 4 atom stereocenters. The van der Waals surface area contributed by atoms with Crippen molar-refractivity contribution in [2.75, 3.05) is 32.4 Å². The molecule has 1 heterocycles. The topological polar surface area (TPSA) is 99.3 Å². The van der Waals surface area contributed by atoms with Gasteiger partial charge in [0, 0.05) is 19.1 Å². The van der Waals surface area contributed by atoms with Crippen molar-refractivity contribution < 1.29 is 8.42 Å². The Bertz CT molecular complexity index is 411. The van der Waals surface area contributed by atoms with E-state index in [9.17, 15) is 8.42 Å². The predicted octanol–water partition coefficient (Wildman–Crippen LogP) is 0.107. The highest BCUT2D eigenvalue weighted by Crippen LogP contribution is 2.30. The summed E-state index contributed by atoms with van der Waals surface area (Å²) in [6.45, 7) is 7.25. The van der Waals surface area contributed by atoms with Gasteiger partial charge in [0.2, 0.25) is 10.0 Å². The summed E-state index contributed by atoms with van der Waals surface area (Å²) in [7, 11) is -3.21. The van der Waals surface area contributed by atoms with Crippen molar-refractivity contribution in [2.24, 2.45) is 23.5 Å². The van der Waals surface area contributed by atoms with Crippen LogP contribution in [-0.4, -0.2) is 58.0 Å². The van der Waals surface area contributed by atoms with Crippen LogP contribution in [0.5, 0.6) is 0 Å². The Morgan fingerprint density at radius 1 is 1.55 bits per heavy atom. The molecule has 1 aliphatic rings. The number of nitrogens with one attached hydrogen (secondary N) is 2. The number of piperidine rings is 1. The molecule has 0 spiro atoms. The summed E-state index contributed by atoms with van der Waals surface area (Å²) in [4.78, 5) is 2.35. The monoisotopic (exact) mass is 304 g/mol. The molecule has 6 nitrogen and oxygen atoms in total. The van der Waals surface area contributed by atoms with Crippen molar-refractivity contribution in [3.05, 3.63) is 0 Å². The van der Waals surface area contributed by atoms with E-state index in [0.717, 1.165) is 26.1 Å². The highest BCUT2D eigenvalue weighted by Gasteiger charge is 2.35. The molecule has 0 amide bonds. The molecule has 4 N–H and O–H groups in total. The minimum Gasteiger partial charge on any atom is -0.328 e. The van der Waals surface area contributed by atoms with Crippen LogP contribution >= 0.6 is 0 Å². The quantitative estimate of drug-likeness (QED) is 0.581. The zero-order valence-electron chi connectivity index (χ0n) is 12.7. The van der Waals surface area contributed by atoms with Gasteiger partial charge in [-0.1, -0.05) is 6.92 Å². The zero-order valence-corrected chi connectivity index (χ0v) is 13.5. The summed E-state index contributed by atoms with van der Waals surface area (Å²) < 4.78 is 25.2. The van der Waals surface area contributed by atoms with Gasteiger partial charge in [0.1, 0.15) is 0 Å². The SMILES string of the molecule is CCN1CCC(C=N)C(C(CNS(C)(=O)=O)C(C)N)C1. The second-order valence-corrected chi connectivity index (χ2v) is 7.65. The van der Waals surface area contributed by atoms with Gasteiger partial charge in [-0.3, -0.25) is 0 Å². The number of nitrogens with zero attached hydrogens (tertiary/aromatic N) is 1. The molecule has 0 saturated carbocycles. The van der Waals surface area contributed by atoms with Crippen LogP contribution in [-0.2, 0) is 10.0 Å². The highest BCUT2D eigenvalue weighted by atomic mass is 32.2. The van der Waals surface area contributed by atoms with E-state index in [4.69, 9.17) is 11.1 Å². The van der Waals surface area contributed by atoms with Gasteiger partial charge in [-0.05, 0) is 50.4 Å². The number of hydrogen-bond donors (Lipinski definition) is 3. The maximum absolute atomic E-state index is 11.3. The number of likely N-dealkylation sites (tertiary alicyclic amines) is 1. The fraction of sp³-hybridized carbons (Fsp3) is 0.923. The lowest BCUT2D eigenvalue weighted by Crippen LogP contribution is -2.51. The Labute approximate surface area is 122 Å². The second kappa shape index (κ2) is 7.49. The van der Waals surface area contributed by atoms with Crippen LogP contribution in [0.15, 0.2) is 0 Å². The van der Waals surface area contributed by atoms with Gasteiger partial charge in [0.05, 0.1) is 6.26 Å². The molecule has 0 aromatic rings. The zero-order chi connectivity index (χ0) is 15.3. The van der Waals surface area contributed by atoms with E-state index in [1.165, 1.54) is 12.5 Å². The summed E-state index contributed by atoms with van der Waals surface area (Å²) in [6.07, 6.45) is 3.62. The normalized spacial score (nSPS) is 28.0. The molecule has 0 aromatic heterocycles. The minimum atomic E-state index is -3.21. The van der Waals surface area contributed by atoms with Crippen LogP contribution < -0.4 is 10.5 Å². The van der Waals surface area contributed by atoms with E-state index in [2.05, 4.69) is 16.5 Å². The minimum absolute atomic E-state index is 0.0469. The van der Waals surface area contributed by atoms with Gasteiger partial charge in [-0.15, -0.1) is 0 Å². The first-order chi connectivity index (χ1) is 9.28. The highest BCUT2D eigenvalue weighted by molar-refractivity contribution is 7.88. The Hall–Kier alpha value is -0.500. The lowest BCUT2D eigenvalue weighted by molar-refractivity contribution is 0.106. The molecule has 4 unspecified atom stereocenters. The molecule has 20 heavy (non-hydrogen) atoms. The lowest BCUT2D eigenvalue weighted by atomic mass is 9.75. The summed E-state index contributed by atoms with van der Waals surface area (Å²) in [5.74, 6) is 0.469. The third-order valence-electron chi connectivity index (χ3n) is 4.27. The molecule has 118 valence electrons. The Morgan fingerprint density at radius 2 is 2.20 bits per heavy atom. The molecule has 7 heteroatoms. The van der Waals surface area contributed by atoms with Gasteiger partial charge < -0.3 is 16.0 Å². The van der Waals surface area contributed by atoms with Gasteiger partial charge >= 0.3 is 0 Å². The summed E-state index contributed by atoms with van der Waals surface area (Å²) in [5.41, 5.74) is 6.07. The van der Waals surface area contributed by atoms with Crippen LogP contribution in [0.3, 0.4) is 0 Å². The summed E-state index contributed by atoms with van der Waals surface area (Å²) in [6, 6.07) is -0.103. The van der Waals surface area contributed by atoms with Crippen LogP contribution in [0.2, 0.25) is 0 Å². The van der Waals surface area contributed by atoms with Gasteiger partial charge in [-0.2, -0.15) is 0 Å². The third kappa shape index (κ3) is 5.12. The van der Waals surface area contributed by atoms with Crippen molar-refractivity contribution in [2.45, 2.75) is 26.3 Å². The Kier molecular flexibility index (Phi) is 6.57. The molecule has 0 aliphatic carbocycles. The van der Waals surface area contributed by atoms with Crippen molar-refractivity contribution in [3.63, 3.8) is 0 Å². The molecule has 1 rings (SSSR count). The van der Waals surface area contributed by atoms with Crippen LogP contribution in [0, 0.1) is 23.2 Å². The number of nitrogens with two attached hydrogens (primary N) is 1. The van der Waals surface area contributed by atoms with E-state index < -0.39 is 10.0 Å². The van der Waals surface area contributed by atoms with Crippen molar-refractivity contribution in [3.8, 4) is 0 Å². The molecule has 1 fully saturated rings. The standard InChI is InChI=1S/C13H28N4O2S/c1-4-17-6-5-11(7-14)13(9-17)12(10(2)15)8-16-20(3,18)19/h7,10-14,16H,4-6,8-9,15H2,1-3H3. The predicted molar refractivity (Wildman–Crippen MR) is 82.5 cm³/mol. The number of sulfonamides is 1. The lowest BCUT2D eigenvalue weighted by Gasteiger charge is -2.42.